The molecule has 1 rings (SSSR count). The maximum atomic E-state index is 10.2. The Morgan fingerprint density at radius 2 is 1.32 bits per heavy atom. The van der Waals surface area contributed by atoms with Crippen molar-refractivity contribution in [3.05, 3.63) is 34.4 Å². The molecule has 0 saturated carbocycles. The Morgan fingerprint density at radius 1 is 0.909 bits per heavy atom. The molecule has 0 fully saturated rings. The van der Waals surface area contributed by atoms with Crippen molar-refractivity contribution in [2.75, 3.05) is 6.26 Å². The van der Waals surface area contributed by atoms with Crippen LogP contribution in [0, 0.1) is 10.1 Å². The lowest BCUT2D eigenvalue weighted by molar-refractivity contribution is -0.384. The zero-order chi connectivity index (χ0) is 17.2. The molecule has 0 radical (unpaired) electrons. The summed E-state index contributed by atoms with van der Waals surface area (Å²) in [5, 5.41) is 10.2. The Bertz CT molecular complexity index is 347. The minimum atomic E-state index is -0.399. The number of nitrogens with zero attached hydrogens (tertiary/aromatic N) is 1. The van der Waals surface area contributed by atoms with Crippen molar-refractivity contribution in [2.45, 2.75) is 77.5 Å². The molecule has 0 aliphatic heterocycles. The summed E-state index contributed by atoms with van der Waals surface area (Å²) in [5.41, 5.74) is 0.141. The average Bonchev–Trinajstić information content (AvgIpc) is 2.57. The number of nitro groups is 1. The second-order valence-corrected chi connectivity index (χ2v) is 5.60. The molecule has 0 N–H and O–H groups in total. The molecule has 128 valence electrons. The summed E-state index contributed by atoms with van der Waals surface area (Å²) in [7, 11) is 0. The second kappa shape index (κ2) is 18.0. The molecule has 0 heterocycles. The first kappa shape index (κ1) is 23.2. The predicted octanol–water partition coefficient (Wildman–Crippen LogP) is 7.10. The monoisotopic (exact) mass is 327 g/mol. The molecule has 1 aromatic rings. The van der Waals surface area contributed by atoms with Crippen LogP contribution in [-0.2, 0) is 0 Å². The van der Waals surface area contributed by atoms with Gasteiger partial charge < -0.3 is 0 Å². The smallest absolute Gasteiger partial charge is 0.258 e. The van der Waals surface area contributed by atoms with Crippen LogP contribution < -0.4 is 0 Å². The van der Waals surface area contributed by atoms with Gasteiger partial charge in [0.05, 0.1) is 4.92 Å². The van der Waals surface area contributed by atoms with E-state index < -0.39 is 4.92 Å². The van der Waals surface area contributed by atoms with Gasteiger partial charge in [-0.1, -0.05) is 72.6 Å². The fraction of sp³-hybridized carbons (Fsp3) is 0.667. The van der Waals surface area contributed by atoms with E-state index in [0.29, 0.717) is 0 Å². The zero-order valence-corrected chi connectivity index (χ0v) is 15.7. The summed E-state index contributed by atoms with van der Waals surface area (Å²) in [4.78, 5) is 10.8. The van der Waals surface area contributed by atoms with Crippen molar-refractivity contribution in [2.24, 2.45) is 0 Å². The molecule has 0 aliphatic rings. The van der Waals surface area contributed by atoms with Crippen LogP contribution in [0.1, 0.15) is 72.6 Å². The van der Waals surface area contributed by atoms with E-state index in [1.54, 1.807) is 23.9 Å². The number of thioether (sulfide) groups is 1. The van der Waals surface area contributed by atoms with Gasteiger partial charge >= 0.3 is 0 Å². The molecular weight excluding hydrogens is 294 g/mol. The van der Waals surface area contributed by atoms with E-state index in [1.165, 1.54) is 57.1 Å². The molecule has 0 unspecified atom stereocenters. The number of nitro benzene ring substituents is 1. The molecule has 0 spiro atoms. The number of hydrogen-bond donors (Lipinski definition) is 0. The largest absolute Gasteiger partial charge is 0.269 e. The number of unbranched alkanes of at least 4 members (excludes halogenated alkanes) is 6. The minimum Gasteiger partial charge on any atom is -0.258 e. The molecule has 0 bridgehead atoms. The van der Waals surface area contributed by atoms with E-state index in [1.807, 2.05) is 20.1 Å². The first-order chi connectivity index (χ1) is 10.7. The van der Waals surface area contributed by atoms with Crippen molar-refractivity contribution < 1.29 is 4.92 Å². The molecule has 1 aromatic carbocycles. The summed E-state index contributed by atoms with van der Waals surface area (Å²) in [5.74, 6) is 0. The van der Waals surface area contributed by atoms with Gasteiger partial charge in [-0.05, 0) is 18.4 Å². The van der Waals surface area contributed by atoms with Crippen LogP contribution in [0.4, 0.5) is 5.69 Å². The maximum Gasteiger partial charge on any atom is 0.269 e. The highest BCUT2D eigenvalue weighted by Gasteiger charge is 2.02. The topological polar surface area (TPSA) is 43.1 Å². The van der Waals surface area contributed by atoms with E-state index >= 15 is 0 Å². The first-order valence-corrected chi connectivity index (χ1v) is 9.66. The van der Waals surface area contributed by atoms with Gasteiger partial charge in [-0.2, -0.15) is 0 Å². The van der Waals surface area contributed by atoms with Gasteiger partial charge in [0.15, 0.2) is 0 Å². The standard InChI is InChI=1S/C9H20.C7H7NO2S.C2H6/c1-3-5-7-9-8-6-4-2;1-11-7-4-2-6(3-5-7)8(9)10;1-2/h3-9H2,1-2H3;2-5H,1H3;1-2H3. The summed E-state index contributed by atoms with van der Waals surface area (Å²) in [6.07, 6.45) is 11.9. The third-order valence-corrected chi connectivity index (χ3v) is 3.73. The third-order valence-electron chi connectivity index (χ3n) is 2.99. The Balaban J connectivity index is 0. The zero-order valence-electron chi connectivity index (χ0n) is 14.9. The van der Waals surface area contributed by atoms with Crippen LogP contribution in [0.15, 0.2) is 29.2 Å². The van der Waals surface area contributed by atoms with Crippen molar-refractivity contribution >= 4 is 17.4 Å². The fourth-order valence-electron chi connectivity index (χ4n) is 1.73. The van der Waals surface area contributed by atoms with Gasteiger partial charge in [0.25, 0.3) is 5.69 Å². The quantitative estimate of drug-likeness (QED) is 0.221. The Labute approximate surface area is 141 Å². The van der Waals surface area contributed by atoms with E-state index in [4.69, 9.17) is 0 Å². The number of non-ortho nitro benzene ring substituents is 1. The van der Waals surface area contributed by atoms with Gasteiger partial charge in [-0.15, -0.1) is 11.8 Å². The molecule has 0 saturated heterocycles. The van der Waals surface area contributed by atoms with E-state index in [-0.39, 0.29) is 5.69 Å². The van der Waals surface area contributed by atoms with Crippen LogP contribution in [0.2, 0.25) is 0 Å². The summed E-state index contributed by atoms with van der Waals surface area (Å²) >= 11 is 1.57. The van der Waals surface area contributed by atoms with Gasteiger partial charge in [0.1, 0.15) is 0 Å². The van der Waals surface area contributed by atoms with Crippen LogP contribution in [-0.4, -0.2) is 11.2 Å². The van der Waals surface area contributed by atoms with Crippen LogP contribution in [0.3, 0.4) is 0 Å². The van der Waals surface area contributed by atoms with E-state index in [0.717, 1.165) is 4.90 Å². The van der Waals surface area contributed by atoms with E-state index in [9.17, 15) is 10.1 Å². The normalized spacial score (nSPS) is 9.14. The Morgan fingerprint density at radius 3 is 1.64 bits per heavy atom. The highest BCUT2D eigenvalue weighted by Crippen LogP contribution is 2.18. The Hall–Kier alpha value is -1.03. The first-order valence-electron chi connectivity index (χ1n) is 8.44. The third kappa shape index (κ3) is 13.9. The van der Waals surface area contributed by atoms with Crippen LogP contribution >= 0.6 is 11.8 Å². The summed E-state index contributed by atoms with van der Waals surface area (Å²) in [6, 6.07) is 6.49. The van der Waals surface area contributed by atoms with Gasteiger partial charge in [0, 0.05) is 17.0 Å². The van der Waals surface area contributed by atoms with Crippen molar-refractivity contribution in [1.29, 1.82) is 0 Å². The minimum absolute atomic E-state index is 0.141. The van der Waals surface area contributed by atoms with E-state index in [2.05, 4.69) is 13.8 Å². The van der Waals surface area contributed by atoms with Gasteiger partial charge in [-0.25, -0.2) is 0 Å². The van der Waals surface area contributed by atoms with Gasteiger partial charge in [0.2, 0.25) is 0 Å². The lowest BCUT2D eigenvalue weighted by Gasteiger charge is -1.96. The molecule has 3 nitrogen and oxygen atoms in total. The maximum absolute atomic E-state index is 10.2. The second-order valence-electron chi connectivity index (χ2n) is 4.72. The summed E-state index contributed by atoms with van der Waals surface area (Å²) < 4.78 is 0. The lowest BCUT2D eigenvalue weighted by atomic mass is 10.1. The highest BCUT2D eigenvalue weighted by molar-refractivity contribution is 7.98. The molecule has 0 amide bonds. The molecule has 22 heavy (non-hydrogen) atoms. The molecule has 0 aromatic heterocycles. The highest BCUT2D eigenvalue weighted by atomic mass is 32.2. The molecule has 0 aliphatic carbocycles. The fourth-order valence-corrected chi connectivity index (χ4v) is 2.14. The number of benzene rings is 1. The van der Waals surface area contributed by atoms with Crippen LogP contribution in [0.5, 0.6) is 0 Å². The molecule has 4 heteroatoms. The number of rotatable bonds is 8. The average molecular weight is 328 g/mol. The SMILES string of the molecule is CC.CCCCCCCCC.CSc1ccc([N+](=O)[O-])cc1. The Kier molecular flexibility index (Phi) is 19.0. The summed E-state index contributed by atoms with van der Waals surface area (Å²) in [6.45, 7) is 8.53. The van der Waals surface area contributed by atoms with Crippen molar-refractivity contribution in [3.8, 4) is 0 Å². The molecule has 0 atom stereocenters. The predicted molar refractivity (Wildman–Crippen MR) is 99.9 cm³/mol. The van der Waals surface area contributed by atoms with Gasteiger partial charge in [-0.3, -0.25) is 10.1 Å². The molecular formula is C18H33NO2S. The number of hydrogen-bond acceptors (Lipinski definition) is 3. The van der Waals surface area contributed by atoms with Crippen molar-refractivity contribution in [3.63, 3.8) is 0 Å². The van der Waals surface area contributed by atoms with Crippen molar-refractivity contribution in [1.82, 2.24) is 0 Å². The van der Waals surface area contributed by atoms with Crippen LogP contribution in [0.25, 0.3) is 0 Å². The lowest BCUT2D eigenvalue weighted by Crippen LogP contribution is -1.85.